The van der Waals surface area contributed by atoms with Gasteiger partial charge in [-0.15, -0.1) is 0 Å². The van der Waals surface area contributed by atoms with E-state index in [1.807, 2.05) is 47.5 Å². The second kappa shape index (κ2) is 6.69. The van der Waals surface area contributed by atoms with Gasteiger partial charge in [-0.2, -0.15) is 0 Å². The van der Waals surface area contributed by atoms with Gasteiger partial charge in [0.15, 0.2) is 0 Å². The molecular weight excluding hydrogens is 292 g/mol. The average Bonchev–Trinajstić information content (AvgIpc) is 2.54. The van der Waals surface area contributed by atoms with Crippen molar-refractivity contribution in [2.75, 3.05) is 7.11 Å². The maximum absolute atomic E-state index is 12.0. The average molecular weight is 314 g/mol. The summed E-state index contributed by atoms with van der Waals surface area (Å²) in [5.74, 6) is -1.33. The first-order valence-corrected chi connectivity index (χ1v) is 7.44. The first kappa shape index (κ1) is 16.8. The minimum Gasteiger partial charge on any atom is -0.469 e. The van der Waals surface area contributed by atoms with E-state index in [1.54, 1.807) is 20.0 Å². The molecule has 0 aromatic heterocycles. The Bertz CT molecular complexity index is 647. The van der Waals surface area contributed by atoms with E-state index < -0.39 is 17.2 Å². The number of hydrogen-bond acceptors (Lipinski definition) is 4. The molecule has 1 aromatic rings. The van der Waals surface area contributed by atoms with Crippen LogP contribution in [0.5, 0.6) is 0 Å². The first-order valence-electron chi connectivity index (χ1n) is 7.44. The summed E-state index contributed by atoms with van der Waals surface area (Å²) in [5, 5.41) is 0. The van der Waals surface area contributed by atoms with Crippen molar-refractivity contribution in [1.82, 2.24) is 4.90 Å². The highest BCUT2D eigenvalue weighted by Gasteiger charge is 2.41. The Balaban J connectivity index is 2.26. The highest BCUT2D eigenvalue weighted by molar-refractivity contribution is 5.94. The highest BCUT2D eigenvalue weighted by atomic mass is 16.5. The number of nitrogens with zero attached hydrogens (tertiary/aromatic N) is 1. The van der Waals surface area contributed by atoms with Crippen LogP contribution in [0.2, 0.25) is 0 Å². The van der Waals surface area contributed by atoms with E-state index in [9.17, 15) is 9.59 Å². The van der Waals surface area contributed by atoms with Gasteiger partial charge in [0.05, 0.1) is 12.5 Å². The van der Waals surface area contributed by atoms with Crippen LogP contribution in [0.4, 0.5) is 0 Å². The predicted molar refractivity (Wildman–Crippen MR) is 87.7 cm³/mol. The quantitative estimate of drug-likeness (QED) is 0.846. The van der Waals surface area contributed by atoms with E-state index in [1.165, 1.54) is 7.11 Å². The number of ether oxygens (including phenoxy) is 1. The van der Waals surface area contributed by atoms with Crippen molar-refractivity contribution in [3.05, 3.63) is 59.9 Å². The summed E-state index contributed by atoms with van der Waals surface area (Å²) in [4.78, 5) is 25.8. The number of primary amides is 1. The van der Waals surface area contributed by atoms with Crippen molar-refractivity contribution in [2.45, 2.75) is 20.4 Å². The van der Waals surface area contributed by atoms with Crippen LogP contribution < -0.4 is 5.73 Å². The SMILES string of the molecule is COC(=O)C(C)(C)C1C=CN(Cc2ccccc2)C=C1C(N)=O. The van der Waals surface area contributed by atoms with Gasteiger partial charge < -0.3 is 15.4 Å². The predicted octanol–water partition coefficient (Wildman–Crippen LogP) is 2.20. The summed E-state index contributed by atoms with van der Waals surface area (Å²) >= 11 is 0. The van der Waals surface area contributed by atoms with Crippen LogP contribution in [0.1, 0.15) is 19.4 Å². The first-order chi connectivity index (χ1) is 10.9. The molecule has 1 aliphatic rings. The lowest BCUT2D eigenvalue weighted by molar-refractivity contribution is -0.152. The Labute approximate surface area is 136 Å². The van der Waals surface area contributed by atoms with Gasteiger partial charge in [0.25, 0.3) is 0 Å². The van der Waals surface area contributed by atoms with E-state index >= 15 is 0 Å². The number of carbonyl (C=O) groups is 2. The van der Waals surface area contributed by atoms with Crippen molar-refractivity contribution >= 4 is 11.9 Å². The fourth-order valence-corrected chi connectivity index (χ4v) is 2.73. The summed E-state index contributed by atoms with van der Waals surface area (Å²) < 4.78 is 4.85. The van der Waals surface area contributed by atoms with Crippen LogP contribution in [0.15, 0.2) is 54.4 Å². The maximum Gasteiger partial charge on any atom is 0.312 e. The van der Waals surface area contributed by atoms with Gasteiger partial charge in [-0.05, 0) is 19.4 Å². The summed E-state index contributed by atoms with van der Waals surface area (Å²) in [6, 6.07) is 9.90. The molecule has 2 N–H and O–H groups in total. The highest BCUT2D eigenvalue weighted by Crippen LogP contribution is 2.37. The summed E-state index contributed by atoms with van der Waals surface area (Å²) in [6.07, 6.45) is 5.42. The molecule has 2 rings (SSSR count). The molecule has 1 heterocycles. The Hall–Kier alpha value is -2.56. The molecule has 23 heavy (non-hydrogen) atoms. The molecule has 0 radical (unpaired) electrons. The van der Waals surface area contributed by atoms with E-state index in [0.717, 1.165) is 5.56 Å². The Morgan fingerprint density at radius 3 is 2.48 bits per heavy atom. The third kappa shape index (κ3) is 3.62. The molecule has 1 aliphatic heterocycles. The lowest BCUT2D eigenvalue weighted by Crippen LogP contribution is -2.39. The molecule has 1 amide bonds. The molecule has 0 saturated heterocycles. The molecule has 5 nitrogen and oxygen atoms in total. The monoisotopic (exact) mass is 314 g/mol. The minimum atomic E-state index is -0.870. The molecule has 0 aliphatic carbocycles. The van der Waals surface area contributed by atoms with Crippen LogP contribution in [0, 0.1) is 11.3 Å². The molecule has 1 unspecified atom stereocenters. The zero-order valence-corrected chi connectivity index (χ0v) is 13.7. The third-order valence-corrected chi connectivity index (χ3v) is 4.09. The van der Waals surface area contributed by atoms with Crippen LogP contribution in [-0.2, 0) is 20.9 Å². The van der Waals surface area contributed by atoms with Gasteiger partial charge in [0, 0.05) is 30.4 Å². The lowest BCUT2D eigenvalue weighted by atomic mass is 9.73. The molecule has 1 atom stereocenters. The Morgan fingerprint density at radius 1 is 1.26 bits per heavy atom. The minimum absolute atomic E-state index is 0.379. The summed E-state index contributed by atoms with van der Waals surface area (Å²) in [6.45, 7) is 4.12. The zero-order valence-electron chi connectivity index (χ0n) is 13.7. The lowest BCUT2D eigenvalue weighted by Gasteiger charge is -2.34. The number of benzene rings is 1. The number of nitrogens with two attached hydrogens (primary N) is 1. The summed E-state index contributed by atoms with van der Waals surface area (Å²) in [7, 11) is 1.34. The number of esters is 1. The second-order valence-electron chi connectivity index (χ2n) is 6.14. The number of hydrogen-bond donors (Lipinski definition) is 1. The maximum atomic E-state index is 12.0. The molecule has 1 aromatic carbocycles. The van der Waals surface area contributed by atoms with E-state index in [4.69, 9.17) is 10.5 Å². The van der Waals surface area contributed by atoms with Crippen LogP contribution in [0.25, 0.3) is 0 Å². The molecule has 0 bridgehead atoms. The number of allylic oxidation sites excluding steroid dienone is 1. The molecule has 0 fully saturated rings. The van der Waals surface area contributed by atoms with E-state index in [2.05, 4.69) is 0 Å². The largest absolute Gasteiger partial charge is 0.469 e. The van der Waals surface area contributed by atoms with Crippen molar-refractivity contribution in [1.29, 1.82) is 0 Å². The number of carbonyl (C=O) groups excluding carboxylic acids is 2. The number of methoxy groups -OCH3 is 1. The van der Waals surface area contributed by atoms with Crippen LogP contribution in [-0.4, -0.2) is 23.9 Å². The fraction of sp³-hybridized carbons (Fsp3) is 0.333. The van der Waals surface area contributed by atoms with Gasteiger partial charge in [-0.3, -0.25) is 9.59 Å². The van der Waals surface area contributed by atoms with Crippen molar-refractivity contribution < 1.29 is 14.3 Å². The van der Waals surface area contributed by atoms with Crippen molar-refractivity contribution in [2.24, 2.45) is 17.1 Å². The molecule has 0 saturated carbocycles. The molecule has 5 heteroatoms. The van der Waals surface area contributed by atoms with E-state index in [-0.39, 0.29) is 5.97 Å². The van der Waals surface area contributed by atoms with Gasteiger partial charge in [0.1, 0.15) is 0 Å². The number of amides is 1. The molecule has 122 valence electrons. The summed E-state index contributed by atoms with van der Waals surface area (Å²) in [5.41, 5.74) is 6.18. The third-order valence-electron chi connectivity index (χ3n) is 4.09. The van der Waals surface area contributed by atoms with Crippen LogP contribution in [0.3, 0.4) is 0 Å². The normalized spacial score (nSPS) is 17.6. The standard InChI is InChI=1S/C18H22N2O3/c1-18(2,17(22)23-3)15-9-10-20(12-14(15)16(19)21)11-13-7-5-4-6-8-13/h4-10,12,15H,11H2,1-3H3,(H2,19,21). The second-order valence-corrected chi connectivity index (χ2v) is 6.14. The van der Waals surface area contributed by atoms with Gasteiger partial charge in [-0.25, -0.2) is 0 Å². The number of rotatable bonds is 5. The van der Waals surface area contributed by atoms with Gasteiger partial charge >= 0.3 is 5.97 Å². The van der Waals surface area contributed by atoms with Crippen molar-refractivity contribution in [3.63, 3.8) is 0 Å². The molecular formula is C18H22N2O3. The topological polar surface area (TPSA) is 72.6 Å². The van der Waals surface area contributed by atoms with Gasteiger partial charge in [-0.1, -0.05) is 36.4 Å². The van der Waals surface area contributed by atoms with E-state index in [0.29, 0.717) is 12.1 Å². The zero-order chi connectivity index (χ0) is 17.0. The Morgan fingerprint density at radius 2 is 1.91 bits per heavy atom. The van der Waals surface area contributed by atoms with Crippen molar-refractivity contribution in [3.8, 4) is 0 Å². The molecule has 0 spiro atoms. The smallest absolute Gasteiger partial charge is 0.312 e. The van der Waals surface area contributed by atoms with Gasteiger partial charge in [0.2, 0.25) is 5.91 Å². The fourth-order valence-electron chi connectivity index (χ4n) is 2.73. The van der Waals surface area contributed by atoms with Crippen LogP contribution >= 0.6 is 0 Å². The Kier molecular flexibility index (Phi) is 4.89.